The summed E-state index contributed by atoms with van der Waals surface area (Å²) in [4.78, 5) is 12.6. The van der Waals surface area contributed by atoms with Crippen LogP contribution in [0.5, 0.6) is 0 Å². The Morgan fingerprint density at radius 2 is 2.00 bits per heavy atom. The molecular formula is C12H14OS. The standard InChI is InChI=1S/C12H14OS/c1-10(13)12(7-8-12)9-14-11-5-3-2-4-6-11/h2-6H,7-9H2,1H3. The van der Waals surface area contributed by atoms with Gasteiger partial charge in [0.05, 0.1) is 0 Å². The van der Waals surface area contributed by atoms with Gasteiger partial charge in [0, 0.05) is 16.1 Å². The Morgan fingerprint density at radius 3 is 2.50 bits per heavy atom. The number of carbonyl (C=O) groups excluding carboxylic acids is 1. The van der Waals surface area contributed by atoms with Crippen molar-refractivity contribution in [2.75, 3.05) is 5.75 Å². The molecule has 1 saturated carbocycles. The molecule has 0 N–H and O–H groups in total. The molecule has 2 heteroatoms. The Kier molecular flexibility index (Phi) is 2.64. The molecule has 1 fully saturated rings. The van der Waals surface area contributed by atoms with Gasteiger partial charge in [-0.3, -0.25) is 4.79 Å². The second-order valence-electron chi connectivity index (χ2n) is 3.94. The normalized spacial score (nSPS) is 17.8. The van der Waals surface area contributed by atoms with Crippen LogP contribution in [0.3, 0.4) is 0 Å². The Bertz CT molecular complexity index is 327. The fourth-order valence-electron chi connectivity index (χ4n) is 1.49. The van der Waals surface area contributed by atoms with Crippen LogP contribution in [-0.2, 0) is 4.79 Å². The molecule has 0 aliphatic heterocycles. The molecule has 0 saturated heterocycles. The van der Waals surface area contributed by atoms with Crippen LogP contribution in [-0.4, -0.2) is 11.5 Å². The van der Waals surface area contributed by atoms with Crippen molar-refractivity contribution in [3.05, 3.63) is 30.3 Å². The maximum absolute atomic E-state index is 11.3. The summed E-state index contributed by atoms with van der Waals surface area (Å²) >= 11 is 1.80. The molecule has 0 radical (unpaired) electrons. The van der Waals surface area contributed by atoms with Crippen molar-refractivity contribution < 1.29 is 4.79 Å². The Morgan fingerprint density at radius 1 is 1.36 bits per heavy atom. The van der Waals surface area contributed by atoms with Crippen LogP contribution in [0.1, 0.15) is 19.8 Å². The van der Waals surface area contributed by atoms with Gasteiger partial charge < -0.3 is 0 Å². The molecule has 1 aromatic rings. The third-order valence-electron chi connectivity index (χ3n) is 2.86. The van der Waals surface area contributed by atoms with Crippen LogP contribution in [0.4, 0.5) is 0 Å². The van der Waals surface area contributed by atoms with Gasteiger partial charge in [0.25, 0.3) is 0 Å². The fraction of sp³-hybridized carbons (Fsp3) is 0.417. The molecule has 1 aliphatic rings. The minimum Gasteiger partial charge on any atom is -0.299 e. The van der Waals surface area contributed by atoms with Gasteiger partial charge in [-0.1, -0.05) is 18.2 Å². The van der Waals surface area contributed by atoms with E-state index in [1.54, 1.807) is 18.7 Å². The third kappa shape index (κ3) is 2.01. The maximum Gasteiger partial charge on any atom is 0.136 e. The molecule has 0 spiro atoms. The summed E-state index contributed by atoms with van der Waals surface area (Å²) < 4.78 is 0. The molecule has 0 aromatic heterocycles. The van der Waals surface area contributed by atoms with E-state index in [2.05, 4.69) is 12.1 Å². The van der Waals surface area contributed by atoms with Gasteiger partial charge in [0.1, 0.15) is 5.78 Å². The van der Waals surface area contributed by atoms with Crippen LogP contribution in [0.25, 0.3) is 0 Å². The van der Waals surface area contributed by atoms with Gasteiger partial charge in [-0.2, -0.15) is 0 Å². The van der Waals surface area contributed by atoms with Gasteiger partial charge >= 0.3 is 0 Å². The molecule has 0 heterocycles. The quantitative estimate of drug-likeness (QED) is 0.704. The van der Waals surface area contributed by atoms with Crippen LogP contribution in [0, 0.1) is 5.41 Å². The highest BCUT2D eigenvalue weighted by molar-refractivity contribution is 7.99. The van der Waals surface area contributed by atoms with E-state index >= 15 is 0 Å². The van der Waals surface area contributed by atoms with E-state index in [4.69, 9.17) is 0 Å². The number of carbonyl (C=O) groups is 1. The molecule has 1 aromatic carbocycles. The van der Waals surface area contributed by atoms with E-state index < -0.39 is 0 Å². The highest BCUT2D eigenvalue weighted by Crippen LogP contribution is 2.49. The first kappa shape index (κ1) is 9.78. The molecule has 14 heavy (non-hydrogen) atoms. The predicted molar refractivity (Wildman–Crippen MR) is 59.5 cm³/mol. The first-order valence-corrected chi connectivity index (χ1v) is 5.90. The van der Waals surface area contributed by atoms with Crippen molar-refractivity contribution in [1.82, 2.24) is 0 Å². The number of benzene rings is 1. The van der Waals surface area contributed by atoms with Crippen molar-refractivity contribution in [1.29, 1.82) is 0 Å². The van der Waals surface area contributed by atoms with Gasteiger partial charge in [-0.05, 0) is 31.9 Å². The molecular weight excluding hydrogens is 192 g/mol. The lowest BCUT2D eigenvalue weighted by Gasteiger charge is -2.09. The molecule has 2 rings (SSSR count). The van der Waals surface area contributed by atoms with Crippen molar-refractivity contribution in [3.8, 4) is 0 Å². The Hall–Kier alpha value is -0.760. The lowest BCUT2D eigenvalue weighted by Crippen LogP contribution is -2.14. The van der Waals surface area contributed by atoms with Crippen molar-refractivity contribution in [3.63, 3.8) is 0 Å². The summed E-state index contributed by atoms with van der Waals surface area (Å²) in [7, 11) is 0. The molecule has 0 unspecified atom stereocenters. The minimum absolute atomic E-state index is 0.0283. The lowest BCUT2D eigenvalue weighted by molar-refractivity contribution is -0.121. The largest absolute Gasteiger partial charge is 0.299 e. The highest BCUT2D eigenvalue weighted by atomic mass is 32.2. The molecule has 74 valence electrons. The van der Waals surface area contributed by atoms with Crippen molar-refractivity contribution in [2.24, 2.45) is 5.41 Å². The van der Waals surface area contributed by atoms with E-state index in [0.29, 0.717) is 5.78 Å². The number of Topliss-reactive ketones (excluding diaryl/α,β-unsaturated/α-hetero) is 1. The summed E-state index contributed by atoms with van der Waals surface area (Å²) in [6.45, 7) is 1.72. The smallest absolute Gasteiger partial charge is 0.136 e. The first-order chi connectivity index (χ1) is 6.73. The number of thioether (sulfide) groups is 1. The Labute approximate surface area is 88.9 Å². The average Bonchev–Trinajstić information content (AvgIpc) is 2.97. The number of hydrogen-bond acceptors (Lipinski definition) is 2. The van der Waals surface area contributed by atoms with E-state index in [-0.39, 0.29) is 5.41 Å². The number of hydrogen-bond donors (Lipinski definition) is 0. The lowest BCUT2D eigenvalue weighted by atomic mass is 10.1. The average molecular weight is 206 g/mol. The van der Waals surface area contributed by atoms with E-state index in [1.807, 2.05) is 18.2 Å². The van der Waals surface area contributed by atoms with Gasteiger partial charge in [0.15, 0.2) is 0 Å². The zero-order valence-electron chi connectivity index (χ0n) is 8.32. The summed E-state index contributed by atoms with van der Waals surface area (Å²) in [6, 6.07) is 10.3. The fourth-order valence-corrected chi connectivity index (χ4v) is 2.77. The van der Waals surface area contributed by atoms with E-state index in [0.717, 1.165) is 18.6 Å². The van der Waals surface area contributed by atoms with Gasteiger partial charge in [-0.25, -0.2) is 0 Å². The van der Waals surface area contributed by atoms with Crippen molar-refractivity contribution >= 4 is 17.5 Å². The maximum atomic E-state index is 11.3. The van der Waals surface area contributed by atoms with E-state index in [1.165, 1.54) is 4.90 Å². The SMILES string of the molecule is CC(=O)C1(CSc2ccccc2)CC1. The molecule has 0 atom stereocenters. The van der Waals surface area contributed by atoms with Crippen LogP contribution < -0.4 is 0 Å². The van der Waals surface area contributed by atoms with Crippen LogP contribution in [0.2, 0.25) is 0 Å². The molecule has 1 aliphatic carbocycles. The van der Waals surface area contributed by atoms with Crippen molar-refractivity contribution in [2.45, 2.75) is 24.7 Å². The second-order valence-corrected chi connectivity index (χ2v) is 4.99. The van der Waals surface area contributed by atoms with Crippen LogP contribution >= 0.6 is 11.8 Å². The van der Waals surface area contributed by atoms with Gasteiger partial charge in [-0.15, -0.1) is 11.8 Å². The molecule has 1 nitrogen and oxygen atoms in total. The molecule has 0 amide bonds. The van der Waals surface area contributed by atoms with E-state index in [9.17, 15) is 4.79 Å². The molecule has 0 bridgehead atoms. The summed E-state index contributed by atoms with van der Waals surface area (Å²) in [6.07, 6.45) is 2.17. The highest BCUT2D eigenvalue weighted by Gasteiger charge is 2.46. The van der Waals surface area contributed by atoms with Crippen LogP contribution in [0.15, 0.2) is 35.2 Å². The predicted octanol–water partition coefficient (Wildman–Crippen LogP) is 3.15. The summed E-state index contributed by atoms with van der Waals surface area (Å²) in [5, 5.41) is 0. The summed E-state index contributed by atoms with van der Waals surface area (Å²) in [5.74, 6) is 1.31. The van der Waals surface area contributed by atoms with Gasteiger partial charge in [0.2, 0.25) is 0 Å². The third-order valence-corrected chi connectivity index (χ3v) is 4.16. The topological polar surface area (TPSA) is 17.1 Å². The zero-order chi connectivity index (χ0) is 10.0. The number of ketones is 1. The summed E-state index contributed by atoms with van der Waals surface area (Å²) in [5.41, 5.74) is 0.0283. The monoisotopic (exact) mass is 206 g/mol. The second kappa shape index (κ2) is 3.77. The number of rotatable bonds is 4. The Balaban J connectivity index is 1.92. The minimum atomic E-state index is 0.0283. The zero-order valence-corrected chi connectivity index (χ0v) is 9.14. The first-order valence-electron chi connectivity index (χ1n) is 4.92.